The van der Waals surface area contributed by atoms with E-state index in [4.69, 9.17) is 9.84 Å². The van der Waals surface area contributed by atoms with Crippen LogP contribution in [0.2, 0.25) is 0 Å². The molecule has 0 aromatic carbocycles. The smallest absolute Gasteiger partial charge is 0.355 e. The van der Waals surface area contributed by atoms with Crippen molar-refractivity contribution in [1.29, 1.82) is 0 Å². The van der Waals surface area contributed by atoms with E-state index in [0.29, 0.717) is 10.9 Å². The normalized spacial score (nSPS) is 10.5. The summed E-state index contributed by atoms with van der Waals surface area (Å²) in [5.74, 6) is -1.08. The summed E-state index contributed by atoms with van der Waals surface area (Å²) < 4.78 is 5.43. The van der Waals surface area contributed by atoms with E-state index in [1.807, 2.05) is 13.8 Å². The van der Waals surface area contributed by atoms with Crippen LogP contribution < -0.4 is 10.1 Å². The number of nitrogens with one attached hydrogen (secondary N) is 1. The molecule has 1 amide bonds. The standard InChI is InChI=1S/C14H15N3O4S/c1-8(2)21-11-5-3-4-9(16-11)13(18)15-6-12-17-10(7-22-12)14(19)20/h3-5,7-8H,6H2,1-2H3,(H,15,18)(H,19,20). The van der Waals surface area contributed by atoms with Crippen molar-refractivity contribution in [1.82, 2.24) is 15.3 Å². The summed E-state index contributed by atoms with van der Waals surface area (Å²) >= 11 is 1.17. The molecule has 0 radical (unpaired) electrons. The maximum atomic E-state index is 12.0. The molecule has 0 aliphatic heterocycles. The van der Waals surface area contributed by atoms with Crippen LogP contribution in [0.5, 0.6) is 5.88 Å². The Kier molecular flexibility index (Phi) is 5.05. The number of carbonyl (C=O) groups excluding carboxylic acids is 1. The van der Waals surface area contributed by atoms with Crippen LogP contribution in [0, 0.1) is 0 Å². The number of thiazole rings is 1. The Bertz CT molecular complexity index is 684. The van der Waals surface area contributed by atoms with Gasteiger partial charge in [-0.3, -0.25) is 4.79 Å². The maximum Gasteiger partial charge on any atom is 0.355 e. The summed E-state index contributed by atoms with van der Waals surface area (Å²) in [6.45, 7) is 3.89. The third kappa shape index (κ3) is 4.26. The van der Waals surface area contributed by atoms with Crippen molar-refractivity contribution in [2.24, 2.45) is 0 Å². The minimum atomic E-state index is -1.09. The number of hydrogen-bond donors (Lipinski definition) is 2. The predicted molar refractivity (Wildman–Crippen MR) is 80.2 cm³/mol. The zero-order valence-corrected chi connectivity index (χ0v) is 12.9. The molecule has 0 spiro atoms. The van der Waals surface area contributed by atoms with Gasteiger partial charge >= 0.3 is 5.97 Å². The minimum Gasteiger partial charge on any atom is -0.476 e. The second kappa shape index (κ2) is 6.99. The average molecular weight is 321 g/mol. The summed E-state index contributed by atoms with van der Waals surface area (Å²) in [5, 5.41) is 13.4. The van der Waals surface area contributed by atoms with Crippen LogP contribution in [0.15, 0.2) is 23.6 Å². The van der Waals surface area contributed by atoms with Crippen molar-refractivity contribution < 1.29 is 19.4 Å². The molecule has 0 aliphatic carbocycles. The molecule has 0 bridgehead atoms. The lowest BCUT2D eigenvalue weighted by atomic mass is 10.3. The van der Waals surface area contributed by atoms with E-state index < -0.39 is 5.97 Å². The van der Waals surface area contributed by atoms with Crippen molar-refractivity contribution in [2.75, 3.05) is 0 Å². The number of carboxylic acid groups (broad SMARTS) is 1. The van der Waals surface area contributed by atoms with Gasteiger partial charge in [0.05, 0.1) is 12.6 Å². The van der Waals surface area contributed by atoms with Crippen LogP contribution >= 0.6 is 11.3 Å². The molecule has 2 aromatic rings. The van der Waals surface area contributed by atoms with Crippen LogP contribution in [-0.4, -0.2) is 33.1 Å². The molecule has 0 saturated heterocycles. The molecule has 2 rings (SSSR count). The molecule has 8 heteroatoms. The van der Waals surface area contributed by atoms with Crippen LogP contribution in [0.3, 0.4) is 0 Å². The third-order valence-electron chi connectivity index (χ3n) is 2.48. The predicted octanol–water partition coefficient (Wildman–Crippen LogP) is 1.95. The first-order valence-electron chi connectivity index (χ1n) is 6.55. The molecule has 2 aromatic heterocycles. The Hall–Kier alpha value is -2.48. The van der Waals surface area contributed by atoms with Gasteiger partial charge in [0.1, 0.15) is 10.7 Å². The van der Waals surface area contributed by atoms with Crippen LogP contribution in [-0.2, 0) is 6.54 Å². The highest BCUT2D eigenvalue weighted by Gasteiger charge is 2.12. The van der Waals surface area contributed by atoms with E-state index in [-0.39, 0.29) is 29.9 Å². The van der Waals surface area contributed by atoms with Crippen LogP contribution in [0.4, 0.5) is 0 Å². The fourth-order valence-electron chi connectivity index (χ4n) is 1.59. The van der Waals surface area contributed by atoms with Gasteiger partial charge in [0, 0.05) is 11.4 Å². The molecule has 116 valence electrons. The molecule has 0 atom stereocenters. The van der Waals surface area contributed by atoms with E-state index in [0.717, 1.165) is 0 Å². The Balaban J connectivity index is 1.98. The number of amides is 1. The monoisotopic (exact) mass is 321 g/mol. The second-order valence-corrected chi connectivity index (χ2v) is 5.58. The first-order chi connectivity index (χ1) is 10.5. The highest BCUT2D eigenvalue weighted by Crippen LogP contribution is 2.11. The Morgan fingerprint density at radius 3 is 2.73 bits per heavy atom. The summed E-state index contributed by atoms with van der Waals surface area (Å²) in [6, 6.07) is 4.94. The number of aromatic nitrogens is 2. The summed E-state index contributed by atoms with van der Waals surface area (Å²) in [5.41, 5.74) is 0.202. The number of pyridine rings is 1. The van der Waals surface area contributed by atoms with Gasteiger partial charge in [-0.2, -0.15) is 0 Å². The highest BCUT2D eigenvalue weighted by atomic mass is 32.1. The van der Waals surface area contributed by atoms with Crippen LogP contribution in [0.25, 0.3) is 0 Å². The third-order valence-corrected chi connectivity index (χ3v) is 3.33. The first kappa shape index (κ1) is 15.9. The van der Waals surface area contributed by atoms with E-state index >= 15 is 0 Å². The van der Waals surface area contributed by atoms with Gasteiger partial charge in [0.2, 0.25) is 5.88 Å². The van der Waals surface area contributed by atoms with E-state index in [1.165, 1.54) is 16.7 Å². The van der Waals surface area contributed by atoms with Gasteiger partial charge in [0.25, 0.3) is 5.91 Å². The fourth-order valence-corrected chi connectivity index (χ4v) is 2.29. The molecule has 2 heterocycles. The number of aromatic carboxylic acids is 1. The lowest BCUT2D eigenvalue weighted by Gasteiger charge is -2.09. The molecule has 0 aliphatic rings. The SMILES string of the molecule is CC(C)Oc1cccc(C(=O)NCc2nc(C(=O)O)cs2)n1. The molecular formula is C14H15N3O4S. The largest absolute Gasteiger partial charge is 0.476 e. The Morgan fingerprint density at radius 2 is 2.09 bits per heavy atom. The van der Waals surface area contributed by atoms with Gasteiger partial charge in [-0.05, 0) is 19.9 Å². The molecule has 2 N–H and O–H groups in total. The molecule has 0 saturated carbocycles. The van der Waals surface area contributed by atoms with Gasteiger partial charge < -0.3 is 15.2 Å². The lowest BCUT2D eigenvalue weighted by molar-refractivity contribution is 0.0691. The van der Waals surface area contributed by atoms with E-state index in [1.54, 1.807) is 18.2 Å². The van der Waals surface area contributed by atoms with Gasteiger partial charge in [-0.15, -0.1) is 11.3 Å². The van der Waals surface area contributed by atoms with Gasteiger partial charge in [-0.1, -0.05) is 6.07 Å². The van der Waals surface area contributed by atoms with Crippen molar-refractivity contribution in [2.45, 2.75) is 26.5 Å². The van der Waals surface area contributed by atoms with Crippen molar-refractivity contribution in [3.05, 3.63) is 40.0 Å². The number of rotatable bonds is 6. The highest BCUT2D eigenvalue weighted by molar-refractivity contribution is 7.09. The number of hydrogen-bond acceptors (Lipinski definition) is 6. The fraction of sp³-hybridized carbons (Fsp3) is 0.286. The van der Waals surface area contributed by atoms with E-state index in [2.05, 4.69) is 15.3 Å². The second-order valence-electron chi connectivity index (χ2n) is 4.64. The maximum absolute atomic E-state index is 12.0. The quantitative estimate of drug-likeness (QED) is 0.843. The van der Waals surface area contributed by atoms with Crippen molar-refractivity contribution in [3.63, 3.8) is 0 Å². The van der Waals surface area contributed by atoms with Gasteiger partial charge in [0.15, 0.2) is 5.69 Å². The zero-order valence-electron chi connectivity index (χ0n) is 12.1. The van der Waals surface area contributed by atoms with Crippen molar-refractivity contribution >= 4 is 23.2 Å². The molecule has 22 heavy (non-hydrogen) atoms. The van der Waals surface area contributed by atoms with Crippen LogP contribution in [0.1, 0.15) is 39.8 Å². The average Bonchev–Trinajstić information content (AvgIpc) is 2.93. The Morgan fingerprint density at radius 1 is 1.32 bits per heavy atom. The summed E-state index contributed by atoms with van der Waals surface area (Å²) in [7, 11) is 0. The number of carboxylic acids is 1. The van der Waals surface area contributed by atoms with E-state index in [9.17, 15) is 9.59 Å². The summed E-state index contributed by atoms with van der Waals surface area (Å²) in [6.07, 6.45) is -0.0319. The molecule has 0 unspecified atom stereocenters. The topological polar surface area (TPSA) is 101 Å². The minimum absolute atomic E-state index is 0.0281. The van der Waals surface area contributed by atoms with Crippen molar-refractivity contribution in [3.8, 4) is 5.88 Å². The van der Waals surface area contributed by atoms with Gasteiger partial charge in [-0.25, -0.2) is 14.8 Å². The first-order valence-corrected chi connectivity index (χ1v) is 7.43. The zero-order chi connectivity index (χ0) is 16.1. The number of nitrogens with zero attached hydrogens (tertiary/aromatic N) is 2. The summed E-state index contributed by atoms with van der Waals surface area (Å²) in [4.78, 5) is 30.8. The number of ether oxygens (including phenoxy) is 1. The lowest BCUT2D eigenvalue weighted by Crippen LogP contribution is -2.24. The number of carbonyl (C=O) groups is 2. The molecular weight excluding hydrogens is 306 g/mol. The molecule has 0 fully saturated rings. The molecule has 7 nitrogen and oxygen atoms in total. The Labute approximate surface area is 131 Å².